The van der Waals surface area contributed by atoms with Crippen LogP contribution in [0.15, 0.2) is 64.3 Å². The van der Waals surface area contributed by atoms with Gasteiger partial charge in [0.2, 0.25) is 5.82 Å². The zero-order valence-electron chi connectivity index (χ0n) is 15.7. The predicted molar refractivity (Wildman–Crippen MR) is 126 cm³/mol. The molecule has 0 spiro atoms. The first-order valence-corrected chi connectivity index (χ1v) is 10.5. The molecule has 0 aliphatic carbocycles. The van der Waals surface area contributed by atoms with Crippen molar-refractivity contribution in [1.29, 1.82) is 0 Å². The molecule has 0 bridgehead atoms. The molecular formula is C20H16BrIN4O4. The van der Waals surface area contributed by atoms with Crippen LogP contribution in [0.4, 0.5) is 11.5 Å². The highest BCUT2D eigenvalue weighted by Gasteiger charge is 2.14. The summed E-state index contributed by atoms with van der Waals surface area (Å²) in [6.45, 7) is 0.393. The number of halogens is 2. The zero-order valence-corrected chi connectivity index (χ0v) is 19.5. The van der Waals surface area contributed by atoms with Crippen LogP contribution in [-0.4, -0.2) is 23.2 Å². The number of hydrogen-bond donors (Lipinski definition) is 1. The molecule has 0 aliphatic rings. The maximum Gasteiger partial charge on any atom is 0.313 e. The van der Waals surface area contributed by atoms with E-state index in [0.29, 0.717) is 28.1 Å². The zero-order chi connectivity index (χ0) is 21.5. The number of benzene rings is 2. The molecule has 0 unspecified atom stereocenters. The number of hydrazone groups is 1. The molecule has 0 fully saturated rings. The molecule has 30 heavy (non-hydrogen) atoms. The second-order valence-electron chi connectivity index (χ2n) is 5.95. The van der Waals surface area contributed by atoms with Gasteiger partial charge in [-0.2, -0.15) is 5.10 Å². The number of rotatable bonds is 8. The van der Waals surface area contributed by atoms with Gasteiger partial charge in [-0.3, -0.25) is 15.5 Å². The molecule has 0 saturated heterocycles. The van der Waals surface area contributed by atoms with E-state index in [9.17, 15) is 10.1 Å². The van der Waals surface area contributed by atoms with E-state index in [-0.39, 0.29) is 11.5 Å². The number of nitro groups is 1. The average Bonchev–Trinajstić information content (AvgIpc) is 2.74. The fourth-order valence-electron chi connectivity index (χ4n) is 2.49. The molecule has 10 heteroatoms. The highest BCUT2D eigenvalue weighted by Crippen LogP contribution is 2.37. The van der Waals surface area contributed by atoms with Crippen molar-refractivity contribution in [2.45, 2.75) is 6.61 Å². The van der Waals surface area contributed by atoms with Crippen LogP contribution in [0, 0.1) is 13.7 Å². The van der Waals surface area contributed by atoms with Crippen LogP contribution in [-0.2, 0) is 6.61 Å². The summed E-state index contributed by atoms with van der Waals surface area (Å²) < 4.78 is 13.2. The Labute approximate surface area is 194 Å². The molecule has 0 amide bonds. The van der Waals surface area contributed by atoms with E-state index in [1.165, 1.54) is 24.5 Å². The van der Waals surface area contributed by atoms with Crippen molar-refractivity contribution in [2.75, 3.05) is 12.5 Å². The first-order valence-electron chi connectivity index (χ1n) is 8.61. The number of hydrogen-bond acceptors (Lipinski definition) is 7. The fourth-order valence-corrected chi connectivity index (χ4v) is 3.42. The molecule has 0 saturated carbocycles. The third-order valence-corrected chi connectivity index (χ3v) is 5.22. The normalized spacial score (nSPS) is 10.8. The summed E-state index contributed by atoms with van der Waals surface area (Å²) >= 11 is 5.75. The van der Waals surface area contributed by atoms with E-state index in [0.717, 1.165) is 9.13 Å². The Kier molecular flexibility index (Phi) is 7.57. The average molecular weight is 583 g/mol. The van der Waals surface area contributed by atoms with Crippen molar-refractivity contribution in [2.24, 2.45) is 5.10 Å². The molecule has 1 N–H and O–H groups in total. The van der Waals surface area contributed by atoms with Gasteiger partial charge in [-0.25, -0.2) is 4.98 Å². The molecule has 0 aliphatic heterocycles. The van der Waals surface area contributed by atoms with Crippen molar-refractivity contribution in [3.05, 3.63) is 84.0 Å². The molecule has 3 aromatic rings. The number of pyridine rings is 1. The molecule has 0 atom stereocenters. The van der Waals surface area contributed by atoms with Gasteiger partial charge in [-0.15, -0.1) is 0 Å². The largest absolute Gasteiger partial charge is 0.493 e. The van der Waals surface area contributed by atoms with Gasteiger partial charge >= 0.3 is 5.69 Å². The Balaban J connectivity index is 1.74. The lowest BCUT2D eigenvalue weighted by molar-refractivity contribution is -0.384. The number of aromatic nitrogens is 1. The van der Waals surface area contributed by atoms with Gasteiger partial charge < -0.3 is 9.47 Å². The van der Waals surface area contributed by atoms with Crippen LogP contribution in [0.2, 0.25) is 0 Å². The quantitative estimate of drug-likeness (QED) is 0.165. The minimum absolute atomic E-state index is 0.0576. The van der Waals surface area contributed by atoms with Gasteiger partial charge in [0.15, 0.2) is 11.5 Å². The topological polar surface area (TPSA) is 98.9 Å². The van der Waals surface area contributed by atoms with Crippen molar-refractivity contribution in [3.8, 4) is 11.5 Å². The van der Waals surface area contributed by atoms with Crippen LogP contribution >= 0.6 is 38.5 Å². The summed E-state index contributed by atoms with van der Waals surface area (Å²) in [6.07, 6.45) is 2.96. The number of anilines is 1. The van der Waals surface area contributed by atoms with Crippen molar-refractivity contribution >= 4 is 56.2 Å². The standard InChI is InChI=1S/C20H16BrIN4O4/c1-29-18-10-14(11-24-25-20-17(26(27)28)3-2-8-23-20)9-16(21)19(18)30-12-13-4-6-15(22)7-5-13/h2-11H,12H2,1H3,(H,23,25)/b24-11-. The summed E-state index contributed by atoms with van der Waals surface area (Å²) in [4.78, 5) is 14.4. The van der Waals surface area contributed by atoms with E-state index < -0.39 is 4.92 Å². The second kappa shape index (κ2) is 10.3. The van der Waals surface area contributed by atoms with Gasteiger partial charge in [0.25, 0.3) is 0 Å². The predicted octanol–water partition coefficient (Wildman–Crippen LogP) is 5.39. The molecule has 3 rings (SSSR count). The number of nitrogens with one attached hydrogen (secondary N) is 1. The van der Waals surface area contributed by atoms with Crippen LogP contribution in [0.1, 0.15) is 11.1 Å². The number of nitrogens with zero attached hydrogens (tertiary/aromatic N) is 3. The summed E-state index contributed by atoms with van der Waals surface area (Å²) in [5, 5.41) is 15.1. The SMILES string of the molecule is COc1cc(/C=N\Nc2ncccc2[N+](=O)[O-])cc(Br)c1OCc1ccc(I)cc1. The third-order valence-electron chi connectivity index (χ3n) is 3.92. The molecular weight excluding hydrogens is 567 g/mol. The molecule has 154 valence electrons. The smallest absolute Gasteiger partial charge is 0.313 e. The van der Waals surface area contributed by atoms with Gasteiger partial charge in [0.05, 0.1) is 22.7 Å². The lowest BCUT2D eigenvalue weighted by Crippen LogP contribution is -2.01. The van der Waals surface area contributed by atoms with E-state index in [1.54, 1.807) is 13.2 Å². The van der Waals surface area contributed by atoms with Crippen molar-refractivity contribution in [3.63, 3.8) is 0 Å². The number of ether oxygens (including phenoxy) is 2. The third kappa shape index (κ3) is 5.66. The Morgan fingerprint density at radius 3 is 2.77 bits per heavy atom. The molecule has 1 aromatic heterocycles. The molecule has 2 aromatic carbocycles. The first kappa shape index (κ1) is 22.0. The molecule has 1 heterocycles. The highest BCUT2D eigenvalue weighted by molar-refractivity contribution is 14.1. The Morgan fingerprint density at radius 2 is 2.07 bits per heavy atom. The van der Waals surface area contributed by atoms with Crippen molar-refractivity contribution < 1.29 is 14.4 Å². The minimum Gasteiger partial charge on any atom is -0.493 e. The van der Waals surface area contributed by atoms with E-state index in [2.05, 4.69) is 54.0 Å². The monoisotopic (exact) mass is 582 g/mol. The maximum absolute atomic E-state index is 11.0. The molecule has 8 nitrogen and oxygen atoms in total. The van der Waals surface area contributed by atoms with Crippen LogP contribution in [0.3, 0.4) is 0 Å². The Bertz CT molecular complexity index is 1080. The summed E-state index contributed by atoms with van der Waals surface area (Å²) in [5.74, 6) is 1.16. The Morgan fingerprint density at radius 1 is 1.30 bits per heavy atom. The lowest BCUT2D eigenvalue weighted by Gasteiger charge is -2.13. The summed E-state index contributed by atoms with van der Waals surface area (Å²) in [7, 11) is 1.55. The van der Waals surface area contributed by atoms with Crippen LogP contribution in [0.25, 0.3) is 0 Å². The fraction of sp³-hybridized carbons (Fsp3) is 0.100. The summed E-state index contributed by atoms with van der Waals surface area (Å²) in [6, 6.07) is 14.5. The van der Waals surface area contributed by atoms with E-state index in [4.69, 9.17) is 9.47 Å². The van der Waals surface area contributed by atoms with Gasteiger partial charge in [0, 0.05) is 15.8 Å². The van der Waals surface area contributed by atoms with Gasteiger partial charge in [0.1, 0.15) is 6.61 Å². The van der Waals surface area contributed by atoms with Gasteiger partial charge in [-0.1, -0.05) is 12.1 Å². The minimum atomic E-state index is -0.524. The van der Waals surface area contributed by atoms with Crippen LogP contribution < -0.4 is 14.9 Å². The lowest BCUT2D eigenvalue weighted by atomic mass is 10.2. The van der Waals surface area contributed by atoms with Gasteiger partial charge in [-0.05, 0) is 80.0 Å². The summed E-state index contributed by atoms with van der Waals surface area (Å²) in [5.41, 5.74) is 4.17. The molecule has 0 radical (unpaired) electrons. The van der Waals surface area contributed by atoms with Crippen molar-refractivity contribution in [1.82, 2.24) is 4.98 Å². The second-order valence-corrected chi connectivity index (χ2v) is 8.05. The highest BCUT2D eigenvalue weighted by atomic mass is 127. The number of methoxy groups -OCH3 is 1. The Hall–Kier alpha value is -2.73. The van der Waals surface area contributed by atoms with E-state index in [1.807, 2.05) is 30.3 Å². The maximum atomic E-state index is 11.0. The first-order chi connectivity index (χ1) is 14.5. The van der Waals surface area contributed by atoms with Crippen LogP contribution in [0.5, 0.6) is 11.5 Å². The van der Waals surface area contributed by atoms with E-state index >= 15 is 0 Å².